The van der Waals surface area contributed by atoms with Crippen molar-refractivity contribution >= 4 is 28.1 Å². The molecule has 0 spiro atoms. The van der Waals surface area contributed by atoms with E-state index in [0.717, 1.165) is 5.69 Å². The van der Waals surface area contributed by atoms with Crippen LogP contribution in [0.25, 0.3) is 0 Å². The van der Waals surface area contributed by atoms with Gasteiger partial charge >= 0.3 is 5.97 Å². The second kappa shape index (κ2) is 4.75. The van der Waals surface area contributed by atoms with Crippen LogP contribution in [0.3, 0.4) is 0 Å². The van der Waals surface area contributed by atoms with Crippen molar-refractivity contribution in [2.75, 3.05) is 35.2 Å². The molecule has 92 valence electrons. The fourth-order valence-corrected chi connectivity index (χ4v) is 2.95. The van der Waals surface area contributed by atoms with E-state index in [9.17, 15) is 9.00 Å². The van der Waals surface area contributed by atoms with Gasteiger partial charge in [0.15, 0.2) is 0 Å². The average Bonchev–Trinajstić information content (AvgIpc) is 2.30. The van der Waals surface area contributed by atoms with E-state index in [1.54, 1.807) is 12.1 Å². The summed E-state index contributed by atoms with van der Waals surface area (Å²) in [4.78, 5) is 13.0. The molecular formula is C11H14N2O3S. The molecule has 17 heavy (non-hydrogen) atoms. The summed E-state index contributed by atoms with van der Waals surface area (Å²) in [6, 6.07) is 4.97. The molecule has 0 aromatic heterocycles. The lowest BCUT2D eigenvalue weighted by Crippen LogP contribution is -2.38. The van der Waals surface area contributed by atoms with Crippen LogP contribution in [0.5, 0.6) is 0 Å². The number of nitrogen functional groups attached to an aromatic ring is 1. The van der Waals surface area contributed by atoms with Gasteiger partial charge < -0.3 is 15.7 Å². The Kier molecular flexibility index (Phi) is 3.33. The molecule has 0 unspecified atom stereocenters. The molecule has 1 saturated heterocycles. The summed E-state index contributed by atoms with van der Waals surface area (Å²) in [6.45, 7) is 1.31. The number of rotatable bonds is 2. The minimum Gasteiger partial charge on any atom is -0.478 e. The normalized spacial score (nSPS) is 17.1. The maximum absolute atomic E-state index is 11.3. The van der Waals surface area contributed by atoms with E-state index in [4.69, 9.17) is 10.8 Å². The van der Waals surface area contributed by atoms with Gasteiger partial charge in [-0.2, -0.15) is 0 Å². The number of aromatic carboxylic acids is 1. The average molecular weight is 254 g/mol. The zero-order valence-electron chi connectivity index (χ0n) is 9.26. The lowest BCUT2D eigenvalue weighted by atomic mass is 10.1. The quantitative estimate of drug-likeness (QED) is 0.752. The standard InChI is InChI=1S/C11H14N2O3S/c12-10-8(11(14)15)2-1-3-9(10)13-4-6-17(16)7-5-13/h1-3H,4-7,12H2,(H,14,15). The van der Waals surface area contributed by atoms with E-state index in [-0.39, 0.29) is 11.3 Å². The predicted octanol–water partition coefficient (Wildman–Crippen LogP) is 0.536. The third kappa shape index (κ3) is 2.41. The molecule has 2 rings (SSSR count). The molecule has 0 aliphatic carbocycles. The molecule has 1 aromatic rings. The second-order valence-corrected chi connectivity index (χ2v) is 5.57. The maximum atomic E-state index is 11.3. The van der Waals surface area contributed by atoms with E-state index in [0.29, 0.717) is 24.6 Å². The highest BCUT2D eigenvalue weighted by molar-refractivity contribution is 7.85. The van der Waals surface area contributed by atoms with E-state index in [1.807, 2.05) is 4.90 Å². The molecule has 0 bridgehead atoms. The van der Waals surface area contributed by atoms with E-state index in [1.165, 1.54) is 6.07 Å². The number of hydrogen-bond donors (Lipinski definition) is 2. The summed E-state index contributed by atoms with van der Waals surface area (Å²) in [7, 11) is -0.754. The van der Waals surface area contributed by atoms with Crippen molar-refractivity contribution in [3.63, 3.8) is 0 Å². The van der Waals surface area contributed by atoms with Crippen LogP contribution >= 0.6 is 0 Å². The SMILES string of the molecule is Nc1c(C(=O)O)cccc1N1CCS(=O)CC1. The summed E-state index contributed by atoms with van der Waals surface area (Å²) in [5.41, 5.74) is 6.98. The van der Waals surface area contributed by atoms with Gasteiger partial charge in [0.25, 0.3) is 0 Å². The molecule has 6 heteroatoms. The summed E-state index contributed by atoms with van der Waals surface area (Å²) in [5.74, 6) is 0.193. The molecule has 0 atom stereocenters. The zero-order chi connectivity index (χ0) is 12.4. The first-order chi connectivity index (χ1) is 8.09. The van der Waals surface area contributed by atoms with Gasteiger partial charge in [-0.25, -0.2) is 4.79 Å². The van der Waals surface area contributed by atoms with Gasteiger partial charge in [-0.3, -0.25) is 4.21 Å². The Morgan fingerprint density at radius 3 is 2.59 bits per heavy atom. The lowest BCUT2D eigenvalue weighted by Gasteiger charge is -2.29. The highest BCUT2D eigenvalue weighted by Crippen LogP contribution is 2.27. The van der Waals surface area contributed by atoms with Crippen LogP contribution in [-0.4, -0.2) is 39.9 Å². The molecule has 1 aliphatic rings. The largest absolute Gasteiger partial charge is 0.478 e. The minimum atomic E-state index is -1.02. The van der Waals surface area contributed by atoms with Crippen molar-refractivity contribution in [2.24, 2.45) is 0 Å². The van der Waals surface area contributed by atoms with Crippen LogP contribution in [-0.2, 0) is 10.8 Å². The van der Waals surface area contributed by atoms with Gasteiger partial charge in [0.1, 0.15) is 0 Å². The number of para-hydroxylation sites is 1. The van der Waals surface area contributed by atoms with E-state index < -0.39 is 16.8 Å². The lowest BCUT2D eigenvalue weighted by molar-refractivity contribution is 0.0698. The van der Waals surface area contributed by atoms with Crippen LogP contribution in [0.4, 0.5) is 11.4 Å². The van der Waals surface area contributed by atoms with Crippen molar-refractivity contribution in [2.45, 2.75) is 0 Å². The molecule has 5 nitrogen and oxygen atoms in total. The predicted molar refractivity (Wildman–Crippen MR) is 67.9 cm³/mol. The van der Waals surface area contributed by atoms with Gasteiger partial charge in [-0.05, 0) is 12.1 Å². The Balaban J connectivity index is 2.30. The molecular weight excluding hydrogens is 240 g/mol. The maximum Gasteiger partial charge on any atom is 0.337 e. The van der Waals surface area contributed by atoms with Gasteiger partial charge in [-0.1, -0.05) is 6.07 Å². The van der Waals surface area contributed by atoms with Crippen LogP contribution in [0.2, 0.25) is 0 Å². The van der Waals surface area contributed by atoms with Crippen molar-refractivity contribution in [3.8, 4) is 0 Å². The molecule has 1 fully saturated rings. The molecule has 1 aliphatic heterocycles. The number of anilines is 2. The molecule has 1 aromatic carbocycles. The molecule has 0 amide bonds. The third-order valence-corrected chi connectivity index (χ3v) is 4.11. The third-order valence-electron chi connectivity index (χ3n) is 2.83. The number of carboxylic acids is 1. The van der Waals surface area contributed by atoms with Crippen LogP contribution in [0.15, 0.2) is 18.2 Å². The fraction of sp³-hybridized carbons (Fsp3) is 0.364. The summed E-state index contributed by atoms with van der Waals surface area (Å²) in [5, 5.41) is 8.98. The Labute approximate surface area is 102 Å². The zero-order valence-corrected chi connectivity index (χ0v) is 10.1. The molecule has 0 radical (unpaired) electrons. The minimum absolute atomic E-state index is 0.120. The first-order valence-electron chi connectivity index (χ1n) is 5.31. The first-order valence-corrected chi connectivity index (χ1v) is 6.80. The van der Waals surface area contributed by atoms with Crippen molar-refractivity contribution in [3.05, 3.63) is 23.8 Å². The molecule has 1 heterocycles. The van der Waals surface area contributed by atoms with Gasteiger partial charge in [0.2, 0.25) is 0 Å². The van der Waals surface area contributed by atoms with Gasteiger partial charge in [-0.15, -0.1) is 0 Å². The first kappa shape index (κ1) is 11.9. The highest BCUT2D eigenvalue weighted by atomic mass is 32.2. The summed E-state index contributed by atoms with van der Waals surface area (Å²) >= 11 is 0. The van der Waals surface area contributed by atoms with Gasteiger partial charge in [0.05, 0.1) is 16.9 Å². The van der Waals surface area contributed by atoms with Crippen molar-refractivity contribution < 1.29 is 14.1 Å². The Morgan fingerprint density at radius 1 is 1.35 bits per heavy atom. The highest BCUT2D eigenvalue weighted by Gasteiger charge is 2.19. The second-order valence-electron chi connectivity index (χ2n) is 3.88. The van der Waals surface area contributed by atoms with Crippen LogP contribution in [0, 0.1) is 0 Å². The fourth-order valence-electron chi connectivity index (χ4n) is 1.89. The summed E-state index contributed by atoms with van der Waals surface area (Å²) in [6.07, 6.45) is 0. The summed E-state index contributed by atoms with van der Waals surface area (Å²) < 4.78 is 11.3. The molecule has 3 N–H and O–H groups in total. The number of hydrogen-bond acceptors (Lipinski definition) is 4. The van der Waals surface area contributed by atoms with E-state index in [2.05, 4.69) is 0 Å². The van der Waals surface area contributed by atoms with Crippen LogP contribution in [0.1, 0.15) is 10.4 Å². The molecule has 0 saturated carbocycles. The van der Waals surface area contributed by atoms with Gasteiger partial charge in [0, 0.05) is 35.4 Å². The number of carbonyl (C=O) groups is 1. The van der Waals surface area contributed by atoms with Crippen LogP contribution < -0.4 is 10.6 Å². The Hall–Kier alpha value is -1.56. The monoisotopic (exact) mass is 254 g/mol. The smallest absolute Gasteiger partial charge is 0.337 e. The number of nitrogens with zero attached hydrogens (tertiary/aromatic N) is 1. The van der Waals surface area contributed by atoms with Crippen molar-refractivity contribution in [1.82, 2.24) is 0 Å². The number of benzene rings is 1. The Bertz CT molecular complexity index is 466. The Morgan fingerprint density at radius 2 is 2.00 bits per heavy atom. The number of nitrogens with two attached hydrogens (primary N) is 1. The topological polar surface area (TPSA) is 83.6 Å². The number of carboxylic acid groups (broad SMARTS) is 1. The van der Waals surface area contributed by atoms with Crippen molar-refractivity contribution in [1.29, 1.82) is 0 Å². The van der Waals surface area contributed by atoms with E-state index >= 15 is 0 Å².